The summed E-state index contributed by atoms with van der Waals surface area (Å²) in [6.45, 7) is 5.34. The van der Waals surface area contributed by atoms with E-state index in [9.17, 15) is 9.59 Å². The Labute approximate surface area is 163 Å². The Kier molecular flexibility index (Phi) is 5.69. The minimum Gasteiger partial charge on any atom is -0.326 e. The summed E-state index contributed by atoms with van der Waals surface area (Å²) in [4.78, 5) is 23.6. The van der Waals surface area contributed by atoms with Gasteiger partial charge in [0.05, 0.1) is 11.8 Å². The van der Waals surface area contributed by atoms with Gasteiger partial charge < -0.3 is 9.88 Å². The molecule has 1 heterocycles. The number of hydrogen-bond acceptors (Lipinski definition) is 3. The molecule has 1 aromatic heterocycles. The molecule has 0 saturated heterocycles. The molecule has 0 bridgehead atoms. The van der Waals surface area contributed by atoms with Crippen LogP contribution in [0, 0.1) is 13.8 Å². The summed E-state index contributed by atoms with van der Waals surface area (Å²) in [7, 11) is 0. The average Bonchev–Trinajstić information content (AvgIpc) is 2.97. The zero-order chi connectivity index (χ0) is 20.1. The van der Waals surface area contributed by atoms with Crippen LogP contribution in [0.25, 0.3) is 5.69 Å². The molecule has 0 aliphatic carbocycles. The highest BCUT2D eigenvalue weighted by atomic mass is 16.2. The van der Waals surface area contributed by atoms with E-state index in [0.717, 1.165) is 22.6 Å². The number of amides is 2. The van der Waals surface area contributed by atoms with Crippen LogP contribution in [0.15, 0.2) is 65.8 Å². The molecule has 6 nitrogen and oxygen atoms in total. The number of nitrogens with zero attached hydrogens (tertiary/aromatic N) is 2. The largest absolute Gasteiger partial charge is 0.326 e. The number of para-hydroxylation sites is 1. The van der Waals surface area contributed by atoms with Gasteiger partial charge in [-0.25, -0.2) is 5.43 Å². The maximum atomic E-state index is 12.5. The number of aromatic nitrogens is 1. The van der Waals surface area contributed by atoms with E-state index < -0.39 is 0 Å². The third kappa shape index (κ3) is 4.35. The summed E-state index contributed by atoms with van der Waals surface area (Å²) in [5.74, 6) is -0.386. The van der Waals surface area contributed by atoms with Crippen LogP contribution < -0.4 is 10.7 Å². The van der Waals surface area contributed by atoms with Crippen LogP contribution >= 0.6 is 0 Å². The highest BCUT2D eigenvalue weighted by Crippen LogP contribution is 2.20. The van der Waals surface area contributed by atoms with Crippen LogP contribution in [0.1, 0.15) is 34.2 Å². The number of benzene rings is 2. The number of nitrogens with one attached hydrogen (secondary N) is 2. The fraction of sp³-hybridized carbons (Fsp3) is 0.136. The fourth-order valence-electron chi connectivity index (χ4n) is 3.05. The molecule has 0 saturated carbocycles. The monoisotopic (exact) mass is 374 g/mol. The van der Waals surface area contributed by atoms with Crippen molar-refractivity contribution in [3.63, 3.8) is 0 Å². The summed E-state index contributed by atoms with van der Waals surface area (Å²) in [5, 5.41) is 6.74. The van der Waals surface area contributed by atoms with Crippen molar-refractivity contribution in [2.24, 2.45) is 5.10 Å². The first kappa shape index (κ1) is 19.1. The van der Waals surface area contributed by atoms with Crippen molar-refractivity contribution in [2.75, 3.05) is 5.32 Å². The van der Waals surface area contributed by atoms with E-state index in [2.05, 4.69) is 15.8 Å². The Bertz CT molecular complexity index is 1020. The molecule has 3 rings (SSSR count). The van der Waals surface area contributed by atoms with Crippen molar-refractivity contribution in [3.05, 3.63) is 83.2 Å². The van der Waals surface area contributed by atoms with E-state index in [1.54, 1.807) is 18.3 Å². The van der Waals surface area contributed by atoms with Crippen molar-refractivity contribution >= 4 is 23.7 Å². The van der Waals surface area contributed by atoms with Gasteiger partial charge in [0, 0.05) is 29.7 Å². The number of anilines is 1. The second kappa shape index (κ2) is 8.35. The third-order valence-electron chi connectivity index (χ3n) is 4.30. The molecule has 2 aromatic carbocycles. The van der Waals surface area contributed by atoms with Crippen LogP contribution in [-0.2, 0) is 4.79 Å². The van der Waals surface area contributed by atoms with Crippen LogP contribution in [0.3, 0.4) is 0 Å². The average molecular weight is 374 g/mol. The van der Waals surface area contributed by atoms with E-state index in [1.165, 1.54) is 6.92 Å². The zero-order valence-electron chi connectivity index (χ0n) is 16.1. The van der Waals surface area contributed by atoms with Crippen LogP contribution in [-0.4, -0.2) is 22.6 Å². The molecule has 6 heteroatoms. The summed E-state index contributed by atoms with van der Waals surface area (Å²) >= 11 is 0. The minimum absolute atomic E-state index is 0.123. The highest BCUT2D eigenvalue weighted by molar-refractivity contribution is 5.96. The molecule has 0 aliphatic rings. The molecule has 0 spiro atoms. The van der Waals surface area contributed by atoms with Gasteiger partial charge in [-0.2, -0.15) is 5.10 Å². The summed E-state index contributed by atoms with van der Waals surface area (Å²) in [6.07, 6.45) is 1.56. The number of hydrogen-bond donors (Lipinski definition) is 2. The summed E-state index contributed by atoms with van der Waals surface area (Å²) in [6, 6.07) is 18.9. The molecule has 0 atom stereocenters. The lowest BCUT2D eigenvalue weighted by atomic mass is 10.2. The quantitative estimate of drug-likeness (QED) is 0.526. The third-order valence-corrected chi connectivity index (χ3v) is 4.30. The topological polar surface area (TPSA) is 75.5 Å². The van der Waals surface area contributed by atoms with Crippen LogP contribution in [0.5, 0.6) is 0 Å². The van der Waals surface area contributed by atoms with Crippen molar-refractivity contribution in [1.82, 2.24) is 9.99 Å². The molecule has 0 unspecified atom stereocenters. The van der Waals surface area contributed by atoms with Crippen LogP contribution in [0.2, 0.25) is 0 Å². The molecule has 28 heavy (non-hydrogen) atoms. The second-order valence-electron chi connectivity index (χ2n) is 6.46. The SMILES string of the molecule is CC(=O)Nc1ccc(C=NNC(=O)c2cc(C)n(-c3ccccc3)c2C)cc1. The van der Waals surface area contributed by atoms with E-state index in [4.69, 9.17) is 0 Å². The van der Waals surface area contributed by atoms with E-state index in [0.29, 0.717) is 11.3 Å². The van der Waals surface area contributed by atoms with Gasteiger partial charge >= 0.3 is 0 Å². The summed E-state index contributed by atoms with van der Waals surface area (Å²) < 4.78 is 2.04. The summed E-state index contributed by atoms with van der Waals surface area (Å²) in [5.41, 5.74) is 7.53. The molecular formula is C22H22N4O2. The highest BCUT2D eigenvalue weighted by Gasteiger charge is 2.16. The molecule has 2 amide bonds. The Morgan fingerprint density at radius 2 is 1.68 bits per heavy atom. The number of carbonyl (C=O) groups excluding carboxylic acids is 2. The van der Waals surface area contributed by atoms with Gasteiger partial charge in [-0.05, 0) is 49.7 Å². The molecule has 142 valence electrons. The van der Waals surface area contributed by atoms with Gasteiger partial charge in [0.25, 0.3) is 5.91 Å². The van der Waals surface area contributed by atoms with Crippen molar-refractivity contribution in [1.29, 1.82) is 0 Å². The van der Waals surface area contributed by atoms with Gasteiger partial charge in [-0.3, -0.25) is 9.59 Å². The Morgan fingerprint density at radius 3 is 2.32 bits per heavy atom. The molecule has 0 aliphatic heterocycles. The van der Waals surface area contributed by atoms with Crippen LogP contribution in [0.4, 0.5) is 5.69 Å². The van der Waals surface area contributed by atoms with Gasteiger partial charge in [-0.1, -0.05) is 30.3 Å². The standard InChI is InChI=1S/C22H22N4O2/c1-15-13-21(16(2)26(15)20-7-5-4-6-8-20)22(28)25-23-14-18-9-11-19(12-10-18)24-17(3)27/h4-14H,1-3H3,(H,24,27)(H,25,28). The van der Waals surface area contributed by atoms with Crippen molar-refractivity contribution in [3.8, 4) is 5.69 Å². The zero-order valence-corrected chi connectivity index (χ0v) is 16.1. The molecule has 2 N–H and O–H groups in total. The van der Waals surface area contributed by atoms with Gasteiger partial charge in [-0.15, -0.1) is 0 Å². The van der Waals surface area contributed by atoms with E-state index in [-0.39, 0.29) is 11.8 Å². The predicted molar refractivity (Wildman–Crippen MR) is 111 cm³/mol. The predicted octanol–water partition coefficient (Wildman–Crippen LogP) is 3.82. The first-order chi connectivity index (χ1) is 13.5. The van der Waals surface area contributed by atoms with Gasteiger partial charge in [0.15, 0.2) is 0 Å². The smallest absolute Gasteiger partial charge is 0.273 e. The normalized spacial score (nSPS) is 10.8. The Balaban J connectivity index is 1.70. The van der Waals surface area contributed by atoms with E-state index in [1.807, 2.05) is 66.9 Å². The van der Waals surface area contributed by atoms with Gasteiger partial charge in [0.2, 0.25) is 5.91 Å². The lowest BCUT2D eigenvalue weighted by Gasteiger charge is -2.09. The van der Waals surface area contributed by atoms with Crippen molar-refractivity contribution < 1.29 is 9.59 Å². The fourth-order valence-corrected chi connectivity index (χ4v) is 3.05. The second-order valence-corrected chi connectivity index (χ2v) is 6.46. The number of aryl methyl sites for hydroxylation is 1. The molecule has 0 radical (unpaired) electrons. The van der Waals surface area contributed by atoms with E-state index >= 15 is 0 Å². The lowest BCUT2D eigenvalue weighted by molar-refractivity contribution is -0.114. The number of rotatable bonds is 5. The lowest BCUT2D eigenvalue weighted by Crippen LogP contribution is -2.18. The maximum absolute atomic E-state index is 12.5. The molecular weight excluding hydrogens is 352 g/mol. The maximum Gasteiger partial charge on any atom is 0.273 e. The first-order valence-corrected chi connectivity index (χ1v) is 8.91. The molecule has 0 fully saturated rings. The number of carbonyl (C=O) groups is 2. The first-order valence-electron chi connectivity index (χ1n) is 8.91. The Morgan fingerprint density at radius 1 is 1.00 bits per heavy atom. The van der Waals surface area contributed by atoms with Gasteiger partial charge in [0.1, 0.15) is 0 Å². The molecule has 3 aromatic rings. The van der Waals surface area contributed by atoms with Crippen molar-refractivity contribution in [2.45, 2.75) is 20.8 Å². The number of hydrazone groups is 1. The minimum atomic E-state index is -0.263. The Hall–Kier alpha value is -3.67.